The number of carbonyl (C=O) groups excluding carboxylic acids is 4. The minimum absolute atomic E-state index is 0.0324. The van der Waals surface area contributed by atoms with Crippen LogP contribution in [-0.4, -0.2) is 127 Å². The van der Waals surface area contributed by atoms with Crippen LogP contribution in [0.2, 0.25) is 0 Å². The van der Waals surface area contributed by atoms with Gasteiger partial charge in [0, 0.05) is 62.4 Å². The van der Waals surface area contributed by atoms with Gasteiger partial charge in [-0.1, -0.05) is 61.0 Å². The Balaban J connectivity index is 0.863. The summed E-state index contributed by atoms with van der Waals surface area (Å²) in [5.41, 5.74) is 4.83. The molecular formula is C41H48BrN11O6S. The molecule has 2 saturated heterocycles. The van der Waals surface area contributed by atoms with Gasteiger partial charge in [-0.25, -0.2) is 19.5 Å². The van der Waals surface area contributed by atoms with E-state index in [1.807, 2.05) is 86.8 Å². The molecule has 7 rings (SSSR count). The van der Waals surface area contributed by atoms with E-state index in [2.05, 4.69) is 56.8 Å². The highest BCUT2D eigenvalue weighted by Gasteiger charge is 2.44. The molecule has 0 aliphatic carbocycles. The van der Waals surface area contributed by atoms with Gasteiger partial charge in [-0.05, 0) is 35.6 Å². The van der Waals surface area contributed by atoms with Gasteiger partial charge in [0.05, 0.1) is 46.6 Å². The maximum Gasteiger partial charge on any atom is 0.258 e. The molecular weight excluding hydrogens is 854 g/mol. The summed E-state index contributed by atoms with van der Waals surface area (Å²) < 4.78 is 8.33. The molecule has 6 heterocycles. The number of thiazole rings is 1. The van der Waals surface area contributed by atoms with E-state index in [1.165, 1.54) is 17.3 Å². The summed E-state index contributed by atoms with van der Waals surface area (Å²) in [5, 5.41) is 23.6. The van der Waals surface area contributed by atoms with Crippen molar-refractivity contribution in [1.82, 2.24) is 45.0 Å². The summed E-state index contributed by atoms with van der Waals surface area (Å²) in [4.78, 5) is 73.1. The van der Waals surface area contributed by atoms with E-state index in [9.17, 15) is 24.3 Å². The number of aliphatic hydroxyl groups is 1. The fraction of sp³-hybridized carbons (Fsp3) is 0.415. The van der Waals surface area contributed by atoms with Gasteiger partial charge in [0.2, 0.25) is 23.7 Å². The van der Waals surface area contributed by atoms with Crippen molar-refractivity contribution in [3.63, 3.8) is 0 Å². The number of hydrogen-bond donors (Lipinski definition) is 4. The fourth-order valence-corrected chi connectivity index (χ4v) is 8.36. The molecule has 4 N–H and O–H groups in total. The van der Waals surface area contributed by atoms with E-state index >= 15 is 0 Å². The number of amides is 4. The lowest BCUT2D eigenvalue weighted by Crippen LogP contribution is -2.58. The van der Waals surface area contributed by atoms with Gasteiger partial charge in [0.25, 0.3) is 5.91 Å². The summed E-state index contributed by atoms with van der Waals surface area (Å²) in [7, 11) is 0. The molecule has 19 heteroatoms. The van der Waals surface area contributed by atoms with Crippen LogP contribution in [0.5, 0.6) is 5.75 Å². The predicted octanol–water partition coefficient (Wildman–Crippen LogP) is 3.27. The summed E-state index contributed by atoms with van der Waals surface area (Å²) in [5.74, 6) is -0.282. The number of hydrogen-bond acceptors (Lipinski definition) is 13. The van der Waals surface area contributed by atoms with Gasteiger partial charge < -0.3 is 35.6 Å². The highest BCUT2D eigenvalue weighted by molar-refractivity contribution is 9.10. The van der Waals surface area contributed by atoms with Crippen LogP contribution in [0.15, 0.2) is 71.0 Å². The SMILES string of the molecule is Cc1ncsc1-c1ccc(CNC(=O)[C@@H]2C[C@@H](O)CN2C(=O)[C@@H](NC(=O)COc2cnc(N3CCN(CC(=O)Nc4cc5cc(Br)ccn5n4)CC3)nc2)C(C)(C)C)cc1. The second kappa shape index (κ2) is 18.4. The number of rotatable bonds is 13. The quantitative estimate of drug-likeness (QED) is 0.135. The zero-order chi connectivity index (χ0) is 42.6. The lowest BCUT2D eigenvalue weighted by molar-refractivity contribution is -0.144. The van der Waals surface area contributed by atoms with Crippen molar-refractivity contribution in [3.05, 3.63) is 82.3 Å². The number of nitrogens with zero attached hydrogens (tertiary/aromatic N) is 8. The van der Waals surface area contributed by atoms with Crippen LogP contribution in [-0.2, 0) is 25.7 Å². The Kier molecular flexibility index (Phi) is 13.1. The number of nitrogens with one attached hydrogen (secondary N) is 3. The van der Waals surface area contributed by atoms with Crippen LogP contribution >= 0.6 is 27.3 Å². The number of aryl methyl sites for hydroxylation is 1. The average molecular weight is 903 g/mol. The van der Waals surface area contributed by atoms with Gasteiger partial charge in [-0.2, -0.15) is 5.10 Å². The van der Waals surface area contributed by atoms with Gasteiger partial charge in [-0.3, -0.25) is 24.1 Å². The van der Waals surface area contributed by atoms with Crippen LogP contribution in [0.4, 0.5) is 11.8 Å². The Morgan fingerprint density at radius 1 is 1.00 bits per heavy atom. The van der Waals surface area contributed by atoms with Gasteiger partial charge in [-0.15, -0.1) is 11.3 Å². The maximum absolute atomic E-state index is 14.0. The van der Waals surface area contributed by atoms with E-state index < -0.39 is 42.0 Å². The molecule has 0 radical (unpaired) electrons. The molecule has 0 spiro atoms. The van der Waals surface area contributed by atoms with Crippen molar-refractivity contribution in [3.8, 4) is 16.2 Å². The summed E-state index contributed by atoms with van der Waals surface area (Å²) in [6, 6.07) is 11.6. The third-order valence-corrected chi connectivity index (χ3v) is 11.9. The van der Waals surface area contributed by atoms with Crippen LogP contribution in [0.25, 0.3) is 16.0 Å². The standard InChI is InChI=1S/C41H48BrN11O6S/c1-25-36(60-24-46-25)27-7-5-26(6-8-27)18-43-38(57)32-17-30(54)21-52(32)39(58)37(41(2,3)4)48-35(56)23-59-31-19-44-40(45-20-31)51-13-11-50(12-14-51)22-34(55)47-33-16-29-15-28(42)9-10-53(29)49-33/h5-10,15-16,19-20,24,30,32,37,54H,11-14,17-18,21-23H2,1-4H3,(H,43,57)(H,48,56)(H,47,49,55)/t30-,32+,37-/m1/s1. The number of aromatic nitrogens is 5. The van der Waals surface area contributed by atoms with Crippen molar-refractivity contribution < 1.29 is 29.0 Å². The summed E-state index contributed by atoms with van der Waals surface area (Å²) in [6.07, 6.45) is 3.99. The van der Waals surface area contributed by atoms with Crippen molar-refractivity contribution in [2.45, 2.75) is 58.8 Å². The fourth-order valence-electron chi connectivity index (χ4n) is 7.20. The van der Waals surface area contributed by atoms with Crippen LogP contribution < -0.4 is 25.6 Å². The Bertz CT molecular complexity index is 2320. The molecule has 4 aromatic heterocycles. The second-order valence-corrected chi connectivity index (χ2v) is 17.8. The predicted molar refractivity (Wildman–Crippen MR) is 229 cm³/mol. The number of carbonyl (C=O) groups is 4. The summed E-state index contributed by atoms with van der Waals surface area (Å²) >= 11 is 5.01. The minimum atomic E-state index is -1.01. The average Bonchev–Trinajstić information content (AvgIpc) is 3.95. The van der Waals surface area contributed by atoms with Gasteiger partial charge >= 0.3 is 0 Å². The van der Waals surface area contributed by atoms with Gasteiger partial charge in [0.15, 0.2) is 18.2 Å². The largest absolute Gasteiger partial charge is 0.481 e. The third kappa shape index (κ3) is 10.4. The van der Waals surface area contributed by atoms with Crippen LogP contribution in [0.1, 0.15) is 38.4 Å². The number of pyridine rings is 1. The second-order valence-electron chi connectivity index (χ2n) is 16.0. The molecule has 2 fully saturated rings. The number of anilines is 2. The van der Waals surface area contributed by atoms with Crippen molar-refractivity contribution in [2.24, 2.45) is 5.41 Å². The molecule has 0 unspecified atom stereocenters. The van der Waals surface area contributed by atoms with Crippen molar-refractivity contribution in [2.75, 3.05) is 56.1 Å². The molecule has 1 aromatic carbocycles. The first-order valence-electron chi connectivity index (χ1n) is 19.6. The Morgan fingerprint density at radius 3 is 2.42 bits per heavy atom. The third-order valence-electron chi connectivity index (χ3n) is 10.4. The normalized spacial score (nSPS) is 17.7. The number of aliphatic hydroxyl groups excluding tert-OH is 1. The van der Waals surface area contributed by atoms with Crippen LogP contribution in [0.3, 0.4) is 0 Å². The lowest BCUT2D eigenvalue weighted by Gasteiger charge is -2.35. The zero-order valence-corrected chi connectivity index (χ0v) is 36.2. The first-order chi connectivity index (χ1) is 28.7. The number of halogens is 1. The van der Waals surface area contributed by atoms with Gasteiger partial charge in [0.1, 0.15) is 12.1 Å². The van der Waals surface area contributed by atoms with Crippen molar-refractivity contribution in [1.29, 1.82) is 0 Å². The maximum atomic E-state index is 14.0. The lowest BCUT2D eigenvalue weighted by atomic mass is 9.85. The molecule has 2 aliphatic heterocycles. The number of benzene rings is 1. The van der Waals surface area contributed by atoms with E-state index in [4.69, 9.17) is 4.74 Å². The summed E-state index contributed by atoms with van der Waals surface area (Å²) in [6.45, 7) is 9.94. The number of ether oxygens (including phenoxy) is 1. The van der Waals surface area contributed by atoms with Crippen molar-refractivity contribution >= 4 is 68.2 Å². The topological polar surface area (TPSA) is 200 Å². The van der Waals surface area contributed by atoms with E-state index in [-0.39, 0.29) is 43.6 Å². The van der Waals surface area contributed by atoms with E-state index in [1.54, 1.807) is 15.9 Å². The number of piperazine rings is 1. The molecule has 5 aromatic rings. The van der Waals surface area contributed by atoms with E-state index in [0.717, 1.165) is 31.7 Å². The molecule has 4 amide bonds. The molecule has 60 heavy (non-hydrogen) atoms. The highest BCUT2D eigenvalue weighted by Crippen LogP contribution is 2.28. The first-order valence-corrected chi connectivity index (χ1v) is 21.3. The number of fused-ring (bicyclic) bond motifs is 1. The highest BCUT2D eigenvalue weighted by atomic mass is 79.9. The molecule has 17 nitrogen and oxygen atoms in total. The minimum Gasteiger partial charge on any atom is -0.481 e. The Morgan fingerprint density at radius 2 is 1.73 bits per heavy atom. The Hall–Kier alpha value is -5.50. The molecule has 0 saturated carbocycles. The Labute approximate surface area is 359 Å². The molecule has 316 valence electrons. The number of likely N-dealkylation sites (tertiary alicyclic amines) is 1. The van der Waals surface area contributed by atoms with Crippen LogP contribution in [0, 0.1) is 12.3 Å². The molecule has 2 aliphatic rings. The smallest absolute Gasteiger partial charge is 0.258 e. The number of β-amino-alcohol motifs (C(OH)–C–C–N with tert-alkyl or cyclic N) is 1. The first kappa shape index (κ1) is 42.6. The zero-order valence-electron chi connectivity index (χ0n) is 33.8. The van der Waals surface area contributed by atoms with E-state index in [0.29, 0.717) is 37.9 Å². The monoisotopic (exact) mass is 901 g/mol. The molecule has 3 atom stereocenters. The molecule has 0 bridgehead atoms.